The number of aromatic nitrogens is 2. The summed E-state index contributed by atoms with van der Waals surface area (Å²) in [5.41, 5.74) is 14.5. The van der Waals surface area contributed by atoms with Crippen molar-refractivity contribution in [2.45, 2.75) is 31.7 Å². The van der Waals surface area contributed by atoms with Gasteiger partial charge in [0.15, 0.2) is 17.9 Å². The van der Waals surface area contributed by atoms with Crippen molar-refractivity contribution >= 4 is 29.3 Å². The molecule has 1 aliphatic heterocycles. The lowest BCUT2D eigenvalue weighted by Gasteiger charge is -2.34. The summed E-state index contributed by atoms with van der Waals surface area (Å²) in [5.74, 6) is 0.741. The van der Waals surface area contributed by atoms with Crippen molar-refractivity contribution in [3.8, 4) is 0 Å². The van der Waals surface area contributed by atoms with Gasteiger partial charge in [-0.3, -0.25) is 9.59 Å². The number of nitrogens with two attached hydrogens (primary N) is 2. The fourth-order valence-electron chi connectivity index (χ4n) is 3.43. The first-order chi connectivity index (χ1) is 14.0. The quantitative estimate of drug-likeness (QED) is 0.518. The number of nitrogen functional groups attached to an aromatic ring is 1. The van der Waals surface area contributed by atoms with Gasteiger partial charge in [-0.25, -0.2) is 9.97 Å². The Morgan fingerprint density at radius 3 is 2.59 bits per heavy atom. The Balaban J connectivity index is 0.000000224. The number of ketones is 1. The maximum Gasteiger partial charge on any atom is 0.172 e. The van der Waals surface area contributed by atoms with E-state index < -0.39 is 0 Å². The van der Waals surface area contributed by atoms with Crippen molar-refractivity contribution < 1.29 is 9.59 Å². The second-order valence-corrected chi connectivity index (χ2v) is 7.41. The summed E-state index contributed by atoms with van der Waals surface area (Å²) in [6, 6.07) is 6.29. The van der Waals surface area contributed by atoms with Crippen LogP contribution in [0.4, 0.5) is 17.2 Å². The second-order valence-electron chi connectivity index (χ2n) is 7.41. The van der Waals surface area contributed by atoms with Crippen LogP contribution in [0.5, 0.6) is 0 Å². The average molecular weight is 396 g/mol. The van der Waals surface area contributed by atoms with Crippen LogP contribution < -0.4 is 21.7 Å². The third-order valence-corrected chi connectivity index (χ3v) is 5.17. The number of carbonyl (C=O) groups is 2. The molecule has 8 heteroatoms. The van der Waals surface area contributed by atoms with E-state index in [0.29, 0.717) is 12.1 Å². The molecule has 2 heterocycles. The Morgan fingerprint density at radius 2 is 2.00 bits per heavy atom. The molecule has 29 heavy (non-hydrogen) atoms. The summed E-state index contributed by atoms with van der Waals surface area (Å²) in [6.45, 7) is 1.93. The highest BCUT2D eigenvalue weighted by atomic mass is 16.1. The molecule has 0 amide bonds. The second kappa shape index (κ2) is 9.47. The zero-order chi connectivity index (χ0) is 20.8. The van der Waals surface area contributed by atoms with E-state index in [1.165, 1.54) is 12.4 Å². The van der Waals surface area contributed by atoms with E-state index in [1.807, 2.05) is 19.2 Å². The first-order valence-electron chi connectivity index (χ1n) is 9.91. The summed E-state index contributed by atoms with van der Waals surface area (Å²) in [6.07, 6.45) is 7.76. The zero-order valence-corrected chi connectivity index (χ0v) is 16.7. The Kier molecular flexibility index (Phi) is 6.77. The molecule has 4 rings (SSSR count). The van der Waals surface area contributed by atoms with E-state index in [4.69, 9.17) is 11.5 Å². The van der Waals surface area contributed by atoms with Crippen LogP contribution in [-0.2, 0) is 0 Å². The number of rotatable bonds is 5. The number of Topliss-reactive ketones (excluding diaryl/α,β-unsaturated/α-hetero) is 1. The van der Waals surface area contributed by atoms with Gasteiger partial charge < -0.3 is 21.7 Å². The molecule has 1 aromatic carbocycles. The van der Waals surface area contributed by atoms with Crippen LogP contribution in [0.15, 0.2) is 30.6 Å². The number of benzene rings is 1. The molecule has 0 spiro atoms. The van der Waals surface area contributed by atoms with Crippen molar-refractivity contribution in [2.24, 2.45) is 11.7 Å². The smallest absolute Gasteiger partial charge is 0.172 e. The average Bonchev–Trinajstić information content (AvgIpc) is 3.59. The van der Waals surface area contributed by atoms with Crippen LogP contribution in [0.25, 0.3) is 0 Å². The number of carbonyl (C=O) groups excluding carboxylic acids is 2. The van der Waals surface area contributed by atoms with Gasteiger partial charge in [0.1, 0.15) is 5.69 Å². The highest BCUT2D eigenvalue weighted by Crippen LogP contribution is 2.35. The van der Waals surface area contributed by atoms with Crippen LogP contribution in [0, 0.1) is 5.92 Å². The van der Waals surface area contributed by atoms with Crippen molar-refractivity contribution in [1.82, 2.24) is 9.97 Å². The minimum atomic E-state index is 0.174. The first kappa shape index (κ1) is 20.7. The Bertz CT molecular complexity index is 868. The van der Waals surface area contributed by atoms with Crippen LogP contribution in [0.1, 0.15) is 46.5 Å². The molecule has 1 aliphatic carbocycles. The van der Waals surface area contributed by atoms with Gasteiger partial charge in [-0.05, 0) is 43.9 Å². The third kappa shape index (κ3) is 5.29. The molecule has 5 N–H and O–H groups in total. The number of piperidine rings is 1. The predicted octanol–water partition coefficient (Wildman–Crippen LogP) is 2.12. The third-order valence-electron chi connectivity index (χ3n) is 5.17. The summed E-state index contributed by atoms with van der Waals surface area (Å²) in [7, 11) is 1.91. The molecule has 2 aromatic rings. The fourth-order valence-corrected chi connectivity index (χ4v) is 3.43. The van der Waals surface area contributed by atoms with Gasteiger partial charge in [-0.2, -0.15) is 0 Å². The molecular formula is C21H28N6O2. The van der Waals surface area contributed by atoms with Crippen molar-refractivity contribution in [2.75, 3.05) is 36.1 Å². The van der Waals surface area contributed by atoms with E-state index in [9.17, 15) is 9.59 Å². The van der Waals surface area contributed by atoms with Crippen LogP contribution in [-0.4, -0.2) is 48.2 Å². The lowest BCUT2D eigenvalue weighted by molar-refractivity contribution is 0.0967. The van der Waals surface area contributed by atoms with E-state index in [2.05, 4.69) is 26.3 Å². The van der Waals surface area contributed by atoms with Gasteiger partial charge in [-0.1, -0.05) is 0 Å². The Labute approximate surface area is 170 Å². The van der Waals surface area contributed by atoms with Crippen LogP contribution >= 0.6 is 0 Å². The highest BCUT2D eigenvalue weighted by molar-refractivity contribution is 6.00. The monoisotopic (exact) mass is 396 g/mol. The molecule has 1 saturated carbocycles. The van der Waals surface area contributed by atoms with Gasteiger partial charge in [-0.15, -0.1) is 0 Å². The highest BCUT2D eigenvalue weighted by Gasteiger charge is 2.31. The van der Waals surface area contributed by atoms with Crippen LogP contribution in [0.2, 0.25) is 0 Å². The minimum Gasteiger partial charge on any atom is -0.386 e. The normalized spacial score (nSPS) is 18.4. The zero-order valence-electron chi connectivity index (χ0n) is 16.7. The number of aldehydes is 1. The SMILES string of the molecule is CNc1cc(C(=O)C2CC2)ccc1N1CCCC(N)C1.Nc1nccnc1C=O. The molecule has 154 valence electrons. The van der Waals surface area contributed by atoms with E-state index in [-0.39, 0.29) is 23.5 Å². The van der Waals surface area contributed by atoms with E-state index in [1.54, 1.807) is 0 Å². The fraction of sp³-hybridized carbons (Fsp3) is 0.429. The summed E-state index contributed by atoms with van der Waals surface area (Å²) >= 11 is 0. The number of nitrogens with zero attached hydrogens (tertiary/aromatic N) is 3. The van der Waals surface area contributed by atoms with E-state index >= 15 is 0 Å². The Hall–Kier alpha value is -3.00. The number of anilines is 3. The summed E-state index contributed by atoms with van der Waals surface area (Å²) in [5, 5.41) is 3.23. The lowest BCUT2D eigenvalue weighted by Crippen LogP contribution is -2.43. The lowest BCUT2D eigenvalue weighted by atomic mass is 10.0. The van der Waals surface area contributed by atoms with Gasteiger partial charge in [0.25, 0.3) is 0 Å². The summed E-state index contributed by atoms with van der Waals surface area (Å²) < 4.78 is 0. The van der Waals surface area contributed by atoms with Crippen molar-refractivity contribution in [3.63, 3.8) is 0 Å². The minimum absolute atomic E-state index is 0.174. The molecule has 0 radical (unpaired) electrons. The largest absolute Gasteiger partial charge is 0.386 e. The van der Waals surface area contributed by atoms with Gasteiger partial charge in [0.05, 0.1) is 11.4 Å². The standard InChI is InChI=1S/C16H23N3O.C5H5N3O/c1-18-14-9-12(16(20)11-4-5-11)6-7-15(14)19-8-2-3-13(17)10-19;6-5-4(3-9)7-1-2-8-5/h6-7,9,11,13,18H,2-5,8,10,17H2,1H3;1-3H,(H2,6,8). The number of nitrogens with one attached hydrogen (secondary N) is 1. The number of hydrogen-bond acceptors (Lipinski definition) is 8. The van der Waals surface area contributed by atoms with Crippen molar-refractivity contribution in [3.05, 3.63) is 41.9 Å². The number of hydrogen-bond donors (Lipinski definition) is 3. The van der Waals surface area contributed by atoms with E-state index in [0.717, 1.165) is 55.7 Å². The van der Waals surface area contributed by atoms with Gasteiger partial charge >= 0.3 is 0 Å². The van der Waals surface area contributed by atoms with Crippen LogP contribution in [0.3, 0.4) is 0 Å². The topological polar surface area (TPSA) is 127 Å². The van der Waals surface area contributed by atoms with Crippen molar-refractivity contribution in [1.29, 1.82) is 0 Å². The Morgan fingerprint density at radius 1 is 1.24 bits per heavy atom. The summed E-state index contributed by atoms with van der Waals surface area (Å²) in [4.78, 5) is 31.8. The molecule has 2 aliphatic rings. The molecule has 1 aromatic heterocycles. The first-order valence-corrected chi connectivity index (χ1v) is 9.91. The molecule has 1 unspecified atom stereocenters. The maximum atomic E-state index is 12.2. The maximum absolute atomic E-state index is 12.2. The molecule has 1 saturated heterocycles. The molecular weight excluding hydrogens is 368 g/mol. The van der Waals surface area contributed by atoms with Gasteiger partial charge in [0, 0.05) is 50.1 Å². The molecule has 1 atom stereocenters. The predicted molar refractivity (Wildman–Crippen MR) is 114 cm³/mol. The molecule has 8 nitrogen and oxygen atoms in total. The molecule has 0 bridgehead atoms. The van der Waals surface area contributed by atoms with Gasteiger partial charge in [0.2, 0.25) is 0 Å². The molecule has 2 fully saturated rings.